The molecule has 1 saturated heterocycles. The van der Waals surface area contributed by atoms with Crippen LogP contribution in [0.4, 0.5) is 0 Å². The van der Waals surface area contributed by atoms with Crippen LogP contribution < -0.4 is 0 Å². The van der Waals surface area contributed by atoms with Crippen molar-refractivity contribution in [2.24, 2.45) is 11.3 Å². The Hall–Kier alpha value is -2.76. The zero-order valence-electron chi connectivity index (χ0n) is 13.8. The summed E-state index contributed by atoms with van der Waals surface area (Å²) < 4.78 is 0. The average Bonchev–Trinajstić information content (AvgIpc) is 3.20. The monoisotopic (exact) mass is 337 g/mol. The van der Waals surface area contributed by atoms with E-state index >= 15 is 0 Å². The first-order chi connectivity index (χ1) is 12.1. The minimum atomic E-state index is -0.780. The Kier molecular flexibility index (Phi) is 3.75. The molecule has 1 N–H and O–H groups in total. The Morgan fingerprint density at radius 3 is 2.76 bits per heavy atom. The maximum Gasteiger partial charge on any atom is 0.311 e. The van der Waals surface area contributed by atoms with Gasteiger partial charge in [-0.25, -0.2) is 9.97 Å². The van der Waals surface area contributed by atoms with Crippen LogP contribution in [-0.4, -0.2) is 44.9 Å². The van der Waals surface area contributed by atoms with Crippen LogP contribution in [0, 0.1) is 11.3 Å². The number of hydrogen-bond acceptors (Lipinski definition) is 4. The highest BCUT2D eigenvalue weighted by Gasteiger charge is 2.55. The maximum absolute atomic E-state index is 13.1. The van der Waals surface area contributed by atoms with E-state index in [1.165, 1.54) is 12.5 Å². The topological polar surface area (TPSA) is 83.4 Å². The third-order valence-corrected chi connectivity index (χ3v) is 5.57. The second-order valence-electron chi connectivity index (χ2n) is 6.89. The van der Waals surface area contributed by atoms with Gasteiger partial charge in [-0.1, -0.05) is 36.8 Å². The van der Waals surface area contributed by atoms with Gasteiger partial charge in [0.1, 0.15) is 6.33 Å². The van der Waals surface area contributed by atoms with Crippen molar-refractivity contribution in [1.29, 1.82) is 0 Å². The second-order valence-corrected chi connectivity index (χ2v) is 6.89. The molecule has 1 aromatic carbocycles. The summed E-state index contributed by atoms with van der Waals surface area (Å²) in [7, 11) is 0. The predicted octanol–water partition coefficient (Wildman–Crippen LogP) is 2.47. The van der Waals surface area contributed by atoms with Crippen LogP contribution >= 0.6 is 0 Å². The van der Waals surface area contributed by atoms with E-state index in [4.69, 9.17) is 0 Å². The molecule has 4 rings (SSSR count). The van der Waals surface area contributed by atoms with Crippen molar-refractivity contribution < 1.29 is 14.7 Å². The molecule has 1 aliphatic heterocycles. The number of hydrogen-bond donors (Lipinski definition) is 1. The molecule has 1 saturated carbocycles. The van der Waals surface area contributed by atoms with Crippen molar-refractivity contribution in [2.75, 3.05) is 13.1 Å². The highest BCUT2D eigenvalue weighted by atomic mass is 16.4. The Morgan fingerprint density at radius 2 is 2.04 bits per heavy atom. The predicted molar refractivity (Wildman–Crippen MR) is 90.8 cm³/mol. The molecule has 6 nitrogen and oxygen atoms in total. The number of rotatable bonds is 3. The van der Waals surface area contributed by atoms with Crippen LogP contribution in [0.3, 0.4) is 0 Å². The highest BCUT2D eigenvalue weighted by molar-refractivity contribution is 6.00. The number of aliphatic carboxylic acids is 1. The zero-order chi connectivity index (χ0) is 17.4. The minimum absolute atomic E-state index is 0.0405. The van der Waals surface area contributed by atoms with Crippen molar-refractivity contribution in [2.45, 2.75) is 19.3 Å². The number of carbonyl (C=O) groups excluding carboxylic acids is 1. The van der Waals surface area contributed by atoms with Gasteiger partial charge in [0.05, 0.1) is 16.7 Å². The lowest BCUT2D eigenvalue weighted by Crippen LogP contribution is -2.37. The number of carboxylic acids is 1. The lowest BCUT2D eigenvalue weighted by Gasteiger charge is -2.23. The first kappa shape index (κ1) is 15.7. The highest BCUT2D eigenvalue weighted by Crippen LogP contribution is 2.49. The summed E-state index contributed by atoms with van der Waals surface area (Å²) in [6, 6.07) is 9.49. The smallest absolute Gasteiger partial charge is 0.311 e. The van der Waals surface area contributed by atoms with Gasteiger partial charge in [0.2, 0.25) is 0 Å². The summed E-state index contributed by atoms with van der Waals surface area (Å²) in [5.74, 6) is -0.925. The van der Waals surface area contributed by atoms with E-state index in [-0.39, 0.29) is 18.4 Å². The van der Waals surface area contributed by atoms with E-state index in [1.807, 2.05) is 30.3 Å². The number of likely N-dealkylation sites (tertiary alicyclic amines) is 1. The van der Waals surface area contributed by atoms with Gasteiger partial charge in [0, 0.05) is 24.8 Å². The van der Waals surface area contributed by atoms with E-state index in [0.29, 0.717) is 24.2 Å². The van der Waals surface area contributed by atoms with Gasteiger partial charge in [-0.05, 0) is 18.8 Å². The van der Waals surface area contributed by atoms with Crippen molar-refractivity contribution in [3.05, 3.63) is 48.4 Å². The van der Waals surface area contributed by atoms with Gasteiger partial charge in [0.25, 0.3) is 5.91 Å². The van der Waals surface area contributed by atoms with E-state index in [9.17, 15) is 14.7 Å². The number of nitrogens with zero attached hydrogens (tertiary/aromatic N) is 3. The molecule has 2 aromatic rings. The van der Waals surface area contributed by atoms with Crippen LogP contribution in [0.5, 0.6) is 0 Å². The molecule has 2 aliphatic rings. The van der Waals surface area contributed by atoms with E-state index in [1.54, 1.807) is 4.90 Å². The zero-order valence-corrected chi connectivity index (χ0v) is 13.8. The molecule has 1 aliphatic carbocycles. The summed E-state index contributed by atoms with van der Waals surface area (Å²) in [5.41, 5.74) is 1.08. The molecule has 0 unspecified atom stereocenters. The Labute approximate surface area is 145 Å². The first-order valence-corrected chi connectivity index (χ1v) is 8.50. The largest absolute Gasteiger partial charge is 0.481 e. The molecule has 1 amide bonds. The van der Waals surface area contributed by atoms with Crippen LogP contribution in [-0.2, 0) is 4.79 Å². The Balaban J connectivity index is 1.66. The molecule has 0 bridgehead atoms. The van der Waals surface area contributed by atoms with Gasteiger partial charge in [0.15, 0.2) is 0 Å². The quantitative estimate of drug-likeness (QED) is 0.930. The number of carbonyl (C=O) groups is 2. The van der Waals surface area contributed by atoms with Crippen molar-refractivity contribution in [3.8, 4) is 11.3 Å². The normalized spacial score (nSPS) is 25.0. The van der Waals surface area contributed by atoms with Crippen molar-refractivity contribution in [3.63, 3.8) is 0 Å². The lowest BCUT2D eigenvalue weighted by atomic mass is 9.81. The summed E-state index contributed by atoms with van der Waals surface area (Å²) in [5, 5.41) is 9.71. The summed E-state index contributed by atoms with van der Waals surface area (Å²) in [4.78, 5) is 34.9. The van der Waals surface area contributed by atoms with Crippen LogP contribution in [0.2, 0.25) is 0 Å². The minimum Gasteiger partial charge on any atom is -0.481 e. The average molecular weight is 337 g/mol. The lowest BCUT2D eigenvalue weighted by molar-refractivity contribution is -0.149. The number of benzene rings is 1. The number of fused-ring (bicyclic) bond motifs is 1. The molecule has 1 aromatic heterocycles. The molecular weight excluding hydrogens is 318 g/mol. The van der Waals surface area contributed by atoms with E-state index in [2.05, 4.69) is 9.97 Å². The standard InChI is InChI=1S/C19H19N3O3/c23-17(22-10-14-7-4-8-19(14,11-22)18(24)25)15-9-20-12-21-16(15)13-5-2-1-3-6-13/h1-3,5-6,9,12,14H,4,7-8,10-11H2,(H,24,25)/t14-,19+/m0/s1. The fourth-order valence-electron chi connectivity index (χ4n) is 4.28. The first-order valence-electron chi connectivity index (χ1n) is 8.50. The number of carboxylic acid groups (broad SMARTS) is 1. The summed E-state index contributed by atoms with van der Waals surface area (Å²) in [6.45, 7) is 0.767. The molecular formula is C19H19N3O3. The molecule has 25 heavy (non-hydrogen) atoms. The molecule has 6 heteroatoms. The molecule has 2 heterocycles. The van der Waals surface area contributed by atoms with Crippen LogP contribution in [0.15, 0.2) is 42.9 Å². The third-order valence-electron chi connectivity index (χ3n) is 5.57. The fourth-order valence-corrected chi connectivity index (χ4v) is 4.28. The van der Waals surface area contributed by atoms with Crippen LogP contribution in [0.25, 0.3) is 11.3 Å². The Morgan fingerprint density at radius 1 is 1.24 bits per heavy atom. The SMILES string of the molecule is O=C(c1cncnc1-c1ccccc1)N1C[C@@H]2CCC[C@@]2(C(=O)O)C1. The van der Waals surface area contributed by atoms with Gasteiger partial charge in [-0.2, -0.15) is 0 Å². The van der Waals surface area contributed by atoms with E-state index in [0.717, 1.165) is 18.4 Å². The third kappa shape index (κ3) is 2.49. The maximum atomic E-state index is 13.1. The summed E-state index contributed by atoms with van der Waals surface area (Å²) in [6.07, 6.45) is 5.39. The second kappa shape index (κ2) is 5.95. The number of amides is 1. The van der Waals surface area contributed by atoms with Gasteiger partial charge < -0.3 is 10.0 Å². The Bertz CT molecular complexity index is 824. The molecule has 2 atom stereocenters. The van der Waals surface area contributed by atoms with Crippen molar-refractivity contribution in [1.82, 2.24) is 14.9 Å². The van der Waals surface area contributed by atoms with Crippen LogP contribution in [0.1, 0.15) is 29.6 Å². The summed E-state index contributed by atoms with van der Waals surface area (Å²) >= 11 is 0. The van der Waals surface area contributed by atoms with Gasteiger partial charge in [-0.15, -0.1) is 0 Å². The van der Waals surface area contributed by atoms with Gasteiger partial charge in [-0.3, -0.25) is 9.59 Å². The molecule has 128 valence electrons. The molecule has 2 fully saturated rings. The van der Waals surface area contributed by atoms with Crippen molar-refractivity contribution >= 4 is 11.9 Å². The van der Waals surface area contributed by atoms with Gasteiger partial charge >= 0.3 is 5.97 Å². The fraction of sp³-hybridized carbons (Fsp3) is 0.368. The molecule has 0 radical (unpaired) electrons. The van der Waals surface area contributed by atoms with E-state index < -0.39 is 11.4 Å². The number of aromatic nitrogens is 2. The molecule has 0 spiro atoms.